The second kappa shape index (κ2) is 3.73. The Bertz CT molecular complexity index is 624. The summed E-state index contributed by atoms with van der Waals surface area (Å²) in [5.41, 5.74) is 8.98. The third-order valence-corrected chi connectivity index (χ3v) is 3.65. The zero-order valence-corrected chi connectivity index (χ0v) is 9.42. The fraction of sp³-hybridized carbons (Fsp3) is 0.0833. The van der Waals surface area contributed by atoms with Crippen molar-refractivity contribution in [3.05, 3.63) is 41.4 Å². The van der Waals surface area contributed by atoms with E-state index in [1.807, 2.05) is 0 Å². The lowest BCUT2D eigenvalue weighted by molar-refractivity contribution is 1.08. The van der Waals surface area contributed by atoms with Crippen molar-refractivity contribution in [1.29, 1.82) is 0 Å². The van der Waals surface area contributed by atoms with E-state index in [4.69, 9.17) is 5.73 Å². The summed E-state index contributed by atoms with van der Waals surface area (Å²) in [6.45, 7) is 0.510. The molecule has 0 bridgehead atoms. The summed E-state index contributed by atoms with van der Waals surface area (Å²) in [6.07, 6.45) is 1.79. The minimum Gasteiger partial charge on any atom is -0.326 e. The maximum absolute atomic E-state index is 5.69. The maximum atomic E-state index is 5.69. The molecular formula is C12H11N3S. The SMILES string of the molecule is NCc1cn[nH]c1-c1csc2ccccc12. The van der Waals surface area contributed by atoms with Crippen LogP contribution in [0.25, 0.3) is 21.3 Å². The Kier molecular flexibility index (Phi) is 2.23. The molecule has 0 radical (unpaired) electrons. The van der Waals surface area contributed by atoms with Crippen LogP contribution >= 0.6 is 11.3 Å². The van der Waals surface area contributed by atoms with Gasteiger partial charge in [0.05, 0.1) is 11.9 Å². The molecule has 2 aromatic heterocycles. The summed E-state index contributed by atoms with van der Waals surface area (Å²) >= 11 is 1.74. The van der Waals surface area contributed by atoms with Gasteiger partial charge in [0.25, 0.3) is 0 Å². The Morgan fingerprint density at radius 2 is 2.19 bits per heavy atom. The van der Waals surface area contributed by atoms with Crippen molar-refractivity contribution in [2.75, 3.05) is 0 Å². The van der Waals surface area contributed by atoms with Gasteiger partial charge in [-0.3, -0.25) is 5.10 Å². The summed E-state index contributed by atoms with van der Waals surface area (Å²) in [4.78, 5) is 0. The highest BCUT2D eigenvalue weighted by atomic mass is 32.1. The Morgan fingerprint density at radius 3 is 3.06 bits per heavy atom. The van der Waals surface area contributed by atoms with E-state index in [0.29, 0.717) is 6.54 Å². The molecular weight excluding hydrogens is 218 g/mol. The Morgan fingerprint density at radius 1 is 1.31 bits per heavy atom. The molecule has 0 atom stereocenters. The molecule has 4 heteroatoms. The number of aromatic nitrogens is 2. The third kappa shape index (κ3) is 1.35. The van der Waals surface area contributed by atoms with Crippen molar-refractivity contribution in [1.82, 2.24) is 10.2 Å². The summed E-state index contributed by atoms with van der Waals surface area (Å²) < 4.78 is 1.29. The number of nitrogens with one attached hydrogen (secondary N) is 1. The minimum atomic E-state index is 0.510. The molecule has 3 rings (SSSR count). The van der Waals surface area contributed by atoms with Gasteiger partial charge in [-0.05, 0) is 6.07 Å². The first-order valence-corrected chi connectivity index (χ1v) is 5.97. The van der Waals surface area contributed by atoms with Gasteiger partial charge in [-0.1, -0.05) is 18.2 Å². The van der Waals surface area contributed by atoms with Gasteiger partial charge < -0.3 is 5.73 Å². The van der Waals surface area contributed by atoms with E-state index in [9.17, 15) is 0 Å². The molecule has 0 unspecified atom stereocenters. The summed E-state index contributed by atoms with van der Waals surface area (Å²) in [5.74, 6) is 0. The quantitative estimate of drug-likeness (QED) is 0.710. The number of hydrogen-bond acceptors (Lipinski definition) is 3. The van der Waals surface area contributed by atoms with Crippen molar-refractivity contribution in [3.63, 3.8) is 0 Å². The van der Waals surface area contributed by atoms with Gasteiger partial charge >= 0.3 is 0 Å². The van der Waals surface area contributed by atoms with Crippen LogP contribution in [0.5, 0.6) is 0 Å². The predicted octanol–water partition coefficient (Wildman–Crippen LogP) is 2.75. The molecule has 16 heavy (non-hydrogen) atoms. The molecule has 0 aliphatic rings. The van der Waals surface area contributed by atoms with Crippen molar-refractivity contribution < 1.29 is 0 Å². The topological polar surface area (TPSA) is 54.7 Å². The monoisotopic (exact) mass is 229 g/mol. The van der Waals surface area contributed by atoms with Crippen molar-refractivity contribution in [3.8, 4) is 11.3 Å². The number of hydrogen-bond donors (Lipinski definition) is 2. The van der Waals surface area contributed by atoms with E-state index in [-0.39, 0.29) is 0 Å². The Hall–Kier alpha value is -1.65. The molecule has 2 heterocycles. The highest BCUT2D eigenvalue weighted by Crippen LogP contribution is 2.34. The normalized spacial score (nSPS) is 11.1. The van der Waals surface area contributed by atoms with E-state index in [2.05, 4.69) is 39.8 Å². The molecule has 0 spiro atoms. The standard InChI is InChI=1S/C12H11N3S/c13-5-8-6-14-15-12(8)10-7-16-11-4-2-1-3-9(10)11/h1-4,6-7H,5,13H2,(H,14,15). The lowest BCUT2D eigenvalue weighted by Gasteiger charge is -1.99. The summed E-state index contributed by atoms with van der Waals surface area (Å²) in [5, 5.41) is 10.5. The van der Waals surface area contributed by atoms with E-state index >= 15 is 0 Å². The first-order chi connectivity index (χ1) is 7.90. The molecule has 80 valence electrons. The first-order valence-electron chi connectivity index (χ1n) is 5.09. The van der Waals surface area contributed by atoms with Crippen LogP contribution in [-0.2, 0) is 6.54 Å². The molecule has 0 aliphatic carbocycles. The predicted molar refractivity (Wildman–Crippen MR) is 67.3 cm³/mol. The Labute approximate surface area is 96.9 Å². The van der Waals surface area contributed by atoms with Gasteiger partial charge in [0, 0.05) is 33.1 Å². The van der Waals surface area contributed by atoms with Crippen molar-refractivity contribution in [2.24, 2.45) is 5.73 Å². The van der Waals surface area contributed by atoms with Crippen LogP contribution in [0.1, 0.15) is 5.56 Å². The van der Waals surface area contributed by atoms with E-state index in [0.717, 1.165) is 11.3 Å². The largest absolute Gasteiger partial charge is 0.326 e. The third-order valence-electron chi connectivity index (χ3n) is 2.69. The molecule has 0 saturated carbocycles. The van der Waals surface area contributed by atoms with Crippen LogP contribution < -0.4 is 5.73 Å². The van der Waals surface area contributed by atoms with Gasteiger partial charge in [-0.25, -0.2) is 0 Å². The van der Waals surface area contributed by atoms with E-state index in [1.54, 1.807) is 17.5 Å². The average Bonchev–Trinajstić information content (AvgIpc) is 2.94. The second-order valence-electron chi connectivity index (χ2n) is 3.62. The average molecular weight is 229 g/mol. The smallest absolute Gasteiger partial charge is 0.0709 e. The fourth-order valence-electron chi connectivity index (χ4n) is 1.87. The molecule has 3 nitrogen and oxygen atoms in total. The second-order valence-corrected chi connectivity index (χ2v) is 4.53. The minimum absolute atomic E-state index is 0.510. The van der Waals surface area contributed by atoms with E-state index in [1.165, 1.54) is 15.6 Å². The lowest BCUT2D eigenvalue weighted by atomic mass is 10.1. The number of benzene rings is 1. The zero-order chi connectivity index (χ0) is 11.0. The molecule has 0 fully saturated rings. The van der Waals surface area contributed by atoms with Crippen LogP contribution in [0.15, 0.2) is 35.8 Å². The number of aromatic amines is 1. The maximum Gasteiger partial charge on any atom is 0.0709 e. The van der Waals surface area contributed by atoms with Gasteiger partial charge in [0.1, 0.15) is 0 Å². The van der Waals surface area contributed by atoms with Crippen molar-refractivity contribution in [2.45, 2.75) is 6.54 Å². The summed E-state index contributed by atoms with van der Waals surface area (Å²) in [6, 6.07) is 8.36. The van der Waals surface area contributed by atoms with Crippen molar-refractivity contribution >= 4 is 21.4 Å². The highest BCUT2D eigenvalue weighted by Gasteiger charge is 2.10. The number of rotatable bonds is 2. The first kappa shape index (κ1) is 9.57. The molecule has 0 amide bonds. The molecule has 3 aromatic rings. The van der Waals surface area contributed by atoms with Crippen LogP contribution in [0.4, 0.5) is 0 Å². The number of nitrogens with two attached hydrogens (primary N) is 1. The molecule has 0 saturated heterocycles. The molecule has 0 aliphatic heterocycles. The number of thiophene rings is 1. The van der Waals surface area contributed by atoms with Crippen LogP contribution in [-0.4, -0.2) is 10.2 Å². The van der Waals surface area contributed by atoms with E-state index < -0.39 is 0 Å². The highest BCUT2D eigenvalue weighted by molar-refractivity contribution is 7.17. The zero-order valence-electron chi connectivity index (χ0n) is 8.60. The van der Waals surface area contributed by atoms with Gasteiger partial charge in [0.15, 0.2) is 0 Å². The Balaban J connectivity index is 2.26. The summed E-state index contributed by atoms with van der Waals surface area (Å²) in [7, 11) is 0. The number of fused-ring (bicyclic) bond motifs is 1. The lowest BCUT2D eigenvalue weighted by Crippen LogP contribution is -1.96. The van der Waals surface area contributed by atoms with Crippen LogP contribution in [0.2, 0.25) is 0 Å². The van der Waals surface area contributed by atoms with Crippen LogP contribution in [0, 0.1) is 0 Å². The van der Waals surface area contributed by atoms with Gasteiger partial charge in [-0.15, -0.1) is 11.3 Å². The number of H-pyrrole nitrogens is 1. The fourth-order valence-corrected chi connectivity index (χ4v) is 2.82. The van der Waals surface area contributed by atoms with Gasteiger partial charge in [-0.2, -0.15) is 5.10 Å². The van der Waals surface area contributed by atoms with Crippen LogP contribution in [0.3, 0.4) is 0 Å². The molecule has 3 N–H and O–H groups in total. The number of nitrogens with zero attached hydrogens (tertiary/aromatic N) is 1. The molecule has 1 aromatic carbocycles. The van der Waals surface area contributed by atoms with Gasteiger partial charge in [0.2, 0.25) is 0 Å².